The van der Waals surface area contributed by atoms with Crippen LogP contribution >= 0.6 is 22.6 Å². The zero-order valence-corrected chi connectivity index (χ0v) is 16.5. The van der Waals surface area contributed by atoms with E-state index in [2.05, 4.69) is 40.0 Å². The van der Waals surface area contributed by atoms with Gasteiger partial charge in [-0.3, -0.25) is 4.79 Å². The smallest absolute Gasteiger partial charge is 0.409 e. The van der Waals surface area contributed by atoms with Gasteiger partial charge in [0.2, 0.25) is 5.91 Å². The molecule has 1 amide bonds. The minimum atomic E-state index is -0.229. The summed E-state index contributed by atoms with van der Waals surface area (Å²) in [5.74, 6) is 0.832. The summed E-state index contributed by atoms with van der Waals surface area (Å²) in [7, 11) is 0. The number of halogens is 1. The van der Waals surface area contributed by atoms with Gasteiger partial charge in [-0.25, -0.2) is 0 Å². The number of fused-ring (bicyclic) bond motifs is 1. The van der Waals surface area contributed by atoms with Crippen molar-refractivity contribution >= 4 is 46.6 Å². The van der Waals surface area contributed by atoms with E-state index < -0.39 is 0 Å². The van der Waals surface area contributed by atoms with Gasteiger partial charge in [0.25, 0.3) is 0 Å². The molecule has 6 heteroatoms. The highest BCUT2D eigenvalue weighted by Gasteiger charge is 2.30. The van der Waals surface area contributed by atoms with E-state index in [1.807, 2.05) is 42.5 Å². The first kappa shape index (κ1) is 18.1. The monoisotopic (exact) mass is 448 g/mol. The molecule has 2 N–H and O–H groups in total. The van der Waals surface area contributed by atoms with Crippen LogP contribution in [0.1, 0.15) is 43.0 Å². The molecule has 1 aliphatic heterocycles. The lowest BCUT2D eigenvalue weighted by Crippen LogP contribution is -2.57. The van der Waals surface area contributed by atoms with Gasteiger partial charge in [0.1, 0.15) is 5.75 Å². The molecule has 25 heavy (non-hydrogen) atoms. The normalized spacial score (nSPS) is 13.0. The topological polar surface area (TPSA) is 50.4 Å². The Balaban J connectivity index is 1.66. The number of para-hydroxylation sites is 1. The van der Waals surface area contributed by atoms with Gasteiger partial charge in [-0.1, -0.05) is 44.4 Å². The average molecular weight is 448 g/mol. The molecule has 0 aliphatic carbocycles. The lowest BCUT2D eigenvalue weighted by Gasteiger charge is -2.25. The second-order valence-electron chi connectivity index (χ2n) is 6.19. The van der Waals surface area contributed by atoms with Crippen molar-refractivity contribution in [1.82, 2.24) is 5.23 Å². The van der Waals surface area contributed by atoms with Crippen molar-refractivity contribution in [1.29, 1.82) is 0 Å². The predicted octanol–water partition coefficient (Wildman–Crippen LogP) is 3.80. The summed E-state index contributed by atoms with van der Waals surface area (Å²) in [5, 5.41) is 6.41. The van der Waals surface area contributed by atoms with Gasteiger partial charge in [-0.05, 0) is 58.7 Å². The molecule has 2 aromatic carbocycles. The molecule has 0 saturated carbocycles. The first-order chi connectivity index (χ1) is 12.2. The van der Waals surface area contributed by atoms with E-state index >= 15 is 0 Å². The van der Waals surface area contributed by atoms with Gasteiger partial charge in [-0.15, -0.1) is 0 Å². The number of unbranched alkanes of at least 4 members (excludes halogenated alkanes) is 3. The summed E-state index contributed by atoms with van der Waals surface area (Å²) in [6.45, 7) is 2.73. The molecule has 0 radical (unpaired) electrons. The maximum absolute atomic E-state index is 12.3. The van der Waals surface area contributed by atoms with Gasteiger partial charge < -0.3 is 15.2 Å². The van der Waals surface area contributed by atoms with Crippen molar-refractivity contribution in [3.8, 4) is 5.75 Å². The third-order valence-electron chi connectivity index (χ3n) is 4.30. The highest BCUT2D eigenvalue weighted by Crippen LogP contribution is 2.20. The molecular weight excluding hydrogens is 426 g/mol. The van der Waals surface area contributed by atoms with Crippen molar-refractivity contribution in [2.24, 2.45) is 0 Å². The Bertz CT molecular complexity index is 754. The Morgan fingerprint density at radius 3 is 2.72 bits per heavy atom. The van der Waals surface area contributed by atoms with E-state index in [-0.39, 0.29) is 12.9 Å². The maximum atomic E-state index is 12.3. The Hall–Kier alpha value is -1.70. The fourth-order valence-corrected chi connectivity index (χ4v) is 3.71. The number of ether oxygens (including phenoxy) is 1. The standard InChI is InChI=1S/C19H22BIN2O2/c1-2-3-4-7-12-25-14-10-11-16(17(21)13-14)20-22-18-9-6-5-8-15(18)19(24)23-20/h5-6,8-11,13,22H,2-4,7,12H2,1H3,(H,23,24). The zero-order chi connectivity index (χ0) is 17.6. The van der Waals surface area contributed by atoms with Crippen LogP contribution in [0.2, 0.25) is 0 Å². The number of benzene rings is 2. The quantitative estimate of drug-likeness (QED) is 0.385. The van der Waals surface area contributed by atoms with Gasteiger partial charge in [0.15, 0.2) is 0 Å². The lowest BCUT2D eigenvalue weighted by atomic mass is 9.66. The molecule has 0 fully saturated rings. The van der Waals surface area contributed by atoms with Crippen LogP contribution in [-0.4, -0.2) is 19.5 Å². The van der Waals surface area contributed by atoms with E-state index in [1.165, 1.54) is 19.3 Å². The molecule has 1 aliphatic rings. The molecule has 130 valence electrons. The third-order valence-corrected chi connectivity index (χ3v) is 5.23. The molecule has 0 bridgehead atoms. The molecule has 0 saturated heterocycles. The van der Waals surface area contributed by atoms with E-state index in [4.69, 9.17) is 4.74 Å². The van der Waals surface area contributed by atoms with Crippen LogP contribution in [0.25, 0.3) is 0 Å². The number of hydrogen-bond acceptors (Lipinski definition) is 3. The summed E-state index contributed by atoms with van der Waals surface area (Å²) in [4.78, 5) is 12.3. The Morgan fingerprint density at radius 1 is 1.08 bits per heavy atom. The number of hydrogen-bond donors (Lipinski definition) is 2. The highest BCUT2D eigenvalue weighted by molar-refractivity contribution is 14.1. The van der Waals surface area contributed by atoms with Crippen LogP contribution in [0.15, 0.2) is 42.5 Å². The molecule has 0 aromatic heterocycles. The summed E-state index contributed by atoms with van der Waals surface area (Å²) < 4.78 is 6.91. The Morgan fingerprint density at radius 2 is 1.92 bits per heavy atom. The fraction of sp³-hybridized carbons (Fsp3) is 0.316. The highest BCUT2D eigenvalue weighted by atomic mass is 127. The third kappa shape index (κ3) is 4.48. The number of amides is 1. The largest absolute Gasteiger partial charge is 0.494 e. The van der Waals surface area contributed by atoms with Crippen LogP contribution < -0.4 is 20.7 Å². The number of anilines is 1. The predicted molar refractivity (Wildman–Crippen MR) is 112 cm³/mol. The number of carbonyl (C=O) groups is 1. The van der Waals surface area contributed by atoms with Crippen molar-refractivity contribution in [3.05, 3.63) is 51.6 Å². The molecule has 0 unspecified atom stereocenters. The van der Waals surface area contributed by atoms with E-state index in [0.717, 1.165) is 33.5 Å². The minimum absolute atomic E-state index is 0.0496. The van der Waals surface area contributed by atoms with Crippen LogP contribution in [0.3, 0.4) is 0 Å². The van der Waals surface area contributed by atoms with Crippen molar-refractivity contribution in [3.63, 3.8) is 0 Å². The summed E-state index contributed by atoms with van der Waals surface area (Å²) in [5.41, 5.74) is 2.59. The first-order valence-electron chi connectivity index (χ1n) is 8.77. The first-order valence-corrected chi connectivity index (χ1v) is 9.85. The summed E-state index contributed by atoms with van der Waals surface area (Å²) >= 11 is 2.30. The molecule has 0 spiro atoms. The number of nitrogens with one attached hydrogen (secondary N) is 2. The van der Waals surface area contributed by atoms with Gasteiger partial charge in [-0.2, -0.15) is 0 Å². The van der Waals surface area contributed by atoms with E-state index in [9.17, 15) is 4.79 Å². The van der Waals surface area contributed by atoms with Crippen LogP contribution in [-0.2, 0) is 0 Å². The molecular formula is C19H22BIN2O2. The zero-order valence-electron chi connectivity index (χ0n) is 14.3. The maximum Gasteiger partial charge on any atom is 0.409 e. The lowest BCUT2D eigenvalue weighted by molar-refractivity contribution is 0.0979. The second-order valence-corrected chi connectivity index (χ2v) is 7.35. The van der Waals surface area contributed by atoms with Gasteiger partial charge in [0, 0.05) is 9.26 Å². The second kappa shape index (κ2) is 8.60. The molecule has 0 atom stereocenters. The number of rotatable bonds is 7. The minimum Gasteiger partial charge on any atom is -0.494 e. The SMILES string of the molecule is CCCCCCOc1ccc(B2NC(=O)c3ccccc3N2)c(I)c1. The van der Waals surface area contributed by atoms with Crippen LogP contribution in [0, 0.1) is 3.57 Å². The van der Waals surface area contributed by atoms with Crippen molar-refractivity contribution < 1.29 is 9.53 Å². The van der Waals surface area contributed by atoms with E-state index in [0.29, 0.717) is 5.56 Å². The Labute approximate surface area is 163 Å². The summed E-state index contributed by atoms with van der Waals surface area (Å²) in [6.07, 6.45) is 4.79. The number of carbonyl (C=O) groups excluding carboxylic acids is 1. The molecule has 2 aromatic rings. The fourth-order valence-electron chi connectivity index (χ4n) is 2.91. The van der Waals surface area contributed by atoms with E-state index in [1.54, 1.807) is 0 Å². The van der Waals surface area contributed by atoms with Crippen molar-refractivity contribution in [2.75, 3.05) is 11.8 Å². The molecule has 4 nitrogen and oxygen atoms in total. The Kier molecular flexibility index (Phi) is 6.23. The van der Waals surface area contributed by atoms with Gasteiger partial charge >= 0.3 is 6.98 Å². The summed E-state index contributed by atoms with van der Waals surface area (Å²) in [6, 6.07) is 13.6. The van der Waals surface area contributed by atoms with Crippen LogP contribution in [0.4, 0.5) is 5.69 Å². The van der Waals surface area contributed by atoms with Gasteiger partial charge in [0.05, 0.1) is 12.2 Å². The van der Waals surface area contributed by atoms with Crippen molar-refractivity contribution in [2.45, 2.75) is 32.6 Å². The average Bonchev–Trinajstić information content (AvgIpc) is 2.61. The molecule has 3 rings (SSSR count). The van der Waals surface area contributed by atoms with Crippen LogP contribution in [0.5, 0.6) is 5.75 Å². The molecule has 1 heterocycles.